The molecule has 0 bridgehead atoms. The van der Waals surface area contributed by atoms with E-state index in [1.54, 1.807) is 18.2 Å². The van der Waals surface area contributed by atoms with E-state index in [9.17, 15) is 9.90 Å². The highest BCUT2D eigenvalue weighted by Crippen LogP contribution is 2.38. The Kier molecular flexibility index (Phi) is 5.94. The molecular formula is C18H21NO6. The normalized spacial score (nSPS) is 10.1. The first-order chi connectivity index (χ1) is 12.0. The monoisotopic (exact) mass is 347 g/mol. The SMILES string of the molecule is COc1ccc(C(=O)NCc2cc(OC)c(OC)c(OC)c2)c(O)c1. The number of carbonyl (C=O) groups excluding carboxylic acids is 1. The van der Waals surface area contributed by atoms with Crippen molar-refractivity contribution in [3.05, 3.63) is 41.5 Å². The van der Waals surface area contributed by atoms with Crippen LogP contribution in [0.5, 0.6) is 28.7 Å². The maximum atomic E-state index is 12.3. The summed E-state index contributed by atoms with van der Waals surface area (Å²) in [5.41, 5.74) is 0.920. The number of ether oxygens (including phenoxy) is 4. The van der Waals surface area contributed by atoms with Crippen molar-refractivity contribution in [3.63, 3.8) is 0 Å². The van der Waals surface area contributed by atoms with Crippen molar-refractivity contribution in [2.75, 3.05) is 28.4 Å². The van der Waals surface area contributed by atoms with Crippen molar-refractivity contribution in [3.8, 4) is 28.7 Å². The Labute approximate surface area is 146 Å². The summed E-state index contributed by atoms with van der Waals surface area (Å²) in [5.74, 6) is 1.39. The molecule has 0 radical (unpaired) electrons. The lowest BCUT2D eigenvalue weighted by molar-refractivity contribution is 0.0948. The first kappa shape index (κ1) is 18.3. The van der Waals surface area contributed by atoms with Gasteiger partial charge < -0.3 is 29.4 Å². The molecule has 134 valence electrons. The fourth-order valence-electron chi connectivity index (χ4n) is 2.35. The second-order valence-electron chi connectivity index (χ2n) is 5.10. The second kappa shape index (κ2) is 8.14. The number of hydrogen-bond donors (Lipinski definition) is 2. The van der Waals surface area contributed by atoms with E-state index in [4.69, 9.17) is 18.9 Å². The van der Waals surface area contributed by atoms with Gasteiger partial charge in [0.15, 0.2) is 11.5 Å². The lowest BCUT2D eigenvalue weighted by Gasteiger charge is -2.14. The molecule has 0 saturated carbocycles. The van der Waals surface area contributed by atoms with Crippen LogP contribution in [-0.2, 0) is 6.54 Å². The number of benzene rings is 2. The summed E-state index contributed by atoms with van der Waals surface area (Å²) in [4.78, 5) is 12.3. The van der Waals surface area contributed by atoms with Gasteiger partial charge in [-0.25, -0.2) is 0 Å². The first-order valence-electron chi connectivity index (χ1n) is 7.48. The number of methoxy groups -OCH3 is 4. The first-order valence-corrected chi connectivity index (χ1v) is 7.48. The van der Waals surface area contributed by atoms with Crippen molar-refractivity contribution in [1.82, 2.24) is 5.32 Å². The molecule has 1 amide bonds. The van der Waals surface area contributed by atoms with Gasteiger partial charge in [-0.2, -0.15) is 0 Å². The topological polar surface area (TPSA) is 86.3 Å². The summed E-state index contributed by atoms with van der Waals surface area (Å²) in [5, 5.41) is 12.7. The smallest absolute Gasteiger partial charge is 0.255 e. The lowest BCUT2D eigenvalue weighted by atomic mass is 10.1. The van der Waals surface area contributed by atoms with Crippen LogP contribution in [-0.4, -0.2) is 39.5 Å². The highest BCUT2D eigenvalue weighted by atomic mass is 16.5. The molecule has 0 aliphatic rings. The van der Waals surface area contributed by atoms with Crippen LogP contribution in [0, 0.1) is 0 Å². The van der Waals surface area contributed by atoms with Crippen LogP contribution >= 0.6 is 0 Å². The number of rotatable bonds is 7. The van der Waals surface area contributed by atoms with Crippen LogP contribution in [0.2, 0.25) is 0 Å². The minimum atomic E-state index is -0.408. The number of amides is 1. The van der Waals surface area contributed by atoms with Gasteiger partial charge in [0.25, 0.3) is 5.91 Å². The standard InChI is InChI=1S/C18H21NO6/c1-22-12-5-6-13(14(20)9-12)18(21)19-10-11-7-15(23-2)17(25-4)16(8-11)24-3/h5-9,20H,10H2,1-4H3,(H,19,21). The fraction of sp³-hybridized carbons (Fsp3) is 0.278. The van der Waals surface area contributed by atoms with E-state index >= 15 is 0 Å². The second-order valence-corrected chi connectivity index (χ2v) is 5.10. The average Bonchev–Trinajstić information content (AvgIpc) is 2.64. The maximum Gasteiger partial charge on any atom is 0.255 e. The molecule has 2 aromatic carbocycles. The fourth-order valence-corrected chi connectivity index (χ4v) is 2.35. The number of carbonyl (C=O) groups is 1. The lowest BCUT2D eigenvalue weighted by Crippen LogP contribution is -2.23. The van der Waals surface area contributed by atoms with Crippen LogP contribution in [0.1, 0.15) is 15.9 Å². The predicted octanol–water partition coefficient (Wildman–Crippen LogP) is 2.36. The Morgan fingerprint density at radius 2 is 1.60 bits per heavy atom. The minimum absolute atomic E-state index is 0.151. The summed E-state index contributed by atoms with van der Waals surface area (Å²) in [6.45, 7) is 0.223. The quantitative estimate of drug-likeness (QED) is 0.800. The van der Waals surface area contributed by atoms with E-state index in [0.29, 0.717) is 23.0 Å². The molecule has 7 nitrogen and oxygen atoms in total. The van der Waals surface area contributed by atoms with Gasteiger partial charge in [-0.3, -0.25) is 4.79 Å². The van der Waals surface area contributed by atoms with Gasteiger partial charge in [0.2, 0.25) is 5.75 Å². The zero-order valence-corrected chi connectivity index (χ0v) is 14.6. The van der Waals surface area contributed by atoms with Gasteiger partial charge in [0.05, 0.1) is 34.0 Å². The molecule has 0 aliphatic carbocycles. The Bertz CT molecular complexity index is 734. The summed E-state index contributed by atoms with van der Waals surface area (Å²) in [6.07, 6.45) is 0. The van der Waals surface area contributed by atoms with Crippen molar-refractivity contribution in [2.45, 2.75) is 6.54 Å². The Balaban J connectivity index is 2.16. The molecule has 2 rings (SSSR count). The van der Waals surface area contributed by atoms with Crippen LogP contribution in [0.15, 0.2) is 30.3 Å². The molecule has 2 aromatic rings. The zero-order valence-electron chi connectivity index (χ0n) is 14.6. The average molecular weight is 347 g/mol. The van der Waals surface area contributed by atoms with Gasteiger partial charge in [0.1, 0.15) is 11.5 Å². The van der Waals surface area contributed by atoms with E-state index in [-0.39, 0.29) is 17.9 Å². The molecule has 25 heavy (non-hydrogen) atoms. The number of phenolic OH excluding ortho intramolecular Hbond substituents is 1. The molecule has 0 spiro atoms. The molecule has 0 fully saturated rings. The molecular weight excluding hydrogens is 326 g/mol. The van der Waals surface area contributed by atoms with Gasteiger partial charge in [-0.1, -0.05) is 0 Å². The number of hydrogen-bond acceptors (Lipinski definition) is 6. The molecule has 0 aliphatic heterocycles. The van der Waals surface area contributed by atoms with E-state index < -0.39 is 5.91 Å². The Morgan fingerprint density at radius 3 is 2.08 bits per heavy atom. The van der Waals surface area contributed by atoms with Crippen molar-refractivity contribution < 1.29 is 28.8 Å². The third-order valence-corrected chi connectivity index (χ3v) is 3.63. The highest BCUT2D eigenvalue weighted by Gasteiger charge is 2.15. The molecule has 0 heterocycles. The predicted molar refractivity (Wildman–Crippen MR) is 91.9 cm³/mol. The third kappa shape index (κ3) is 4.06. The minimum Gasteiger partial charge on any atom is -0.507 e. The molecule has 7 heteroatoms. The van der Waals surface area contributed by atoms with Crippen LogP contribution in [0.3, 0.4) is 0 Å². The molecule has 0 aromatic heterocycles. The maximum absolute atomic E-state index is 12.3. The van der Waals surface area contributed by atoms with E-state index in [1.807, 2.05) is 0 Å². The van der Waals surface area contributed by atoms with Crippen molar-refractivity contribution in [1.29, 1.82) is 0 Å². The molecule has 0 unspecified atom stereocenters. The van der Waals surface area contributed by atoms with Crippen molar-refractivity contribution in [2.24, 2.45) is 0 Å². The Hall–Kier alpha value is -3.09. The Morgan fingerprint density at radius 1 is 0.960 bits per heavy atom. The molecule has 0 atom stereocenters. The van der Waals surface area contributed by atoms with Gasteiger partial charge >= 0.3 is 0 Å². The third-order valence-electron chi connectivity index (χ3n) is 3.63. The number of phenols is 1. The largest absolute Gasteiger partial charge is 0.507 e. The van der Waals surface area contributed by atoms with Gasteiger partial charge in [-0.15, -0.1) is 0 Å². The molecule has 2 N–H and O–H groups in total. The van der Waals surface area contributed by atoms with Crippen LogP contribution in [0.4, 0.5) is 0 Å². The highest BCUT2D eigenvalue weighted by molar-refractivity contribution is 5.97. The summed E-state index contributed by atoms with van der Waals surface area (Å²) < 4.78 is 20.8. The number of aromatic hydroxyl groups is 1. The van der Waals surface area contributed by atoms with E-state index in [0.717, 1.165) is 5.56 Å². The van der Waals surface area contributed by atoms with Crippen LogP contribution < -0.4 is 24.3 Å². The number of nitrogens with one attached hydrogen (secondary N) is 1. The zero-order chi connectivity index (χ0) is 18.4. The summed E-state index contributed by atoms with van der Waals surface area (Å²) in [7, 11) is 6.05. The van der Waals surface area contributed by atoms with Crippen molar-refractivity contribution >= 4 is 5.91 Å². The van der Waals surface area contributed by atoms with E-state index in [2.05, 4.69) is 5.32 Å². The molecule has 0 saturated heterocycles. The van der Waals surface area contributed by atoms with Gasteiger partial charge in [0, 0.05) is 12.6 Å². The van der Waals surface area contributed by atoms with Crippen LogP contribution in [0.25, 0.3) is 0 Å². The summed E-state index contributed by atoms with van der Waals surface area (Å²) >= 11 is 0. The van der Waals surface area contributed by atoms with E-state index in [1.165, 1.54) is 40.6 Å². The summed E-state index contributed by atoms with van der Waals surface area (Å²) in [6, 6.07) is 7.98. The van der Waals surface area contributed by atoms with Gasteiger partial charge in [-0.05, 0) is 29.8 Å².